The molecule has 1 atom stereocenters. The van der Waals surface area contributed by atoms with E-state index in [9.17, 15) is 0 Å². The third-order valence-electron chi connectivity index (χ3n) is 3.93. The Hall–Kier alpha value is -1.95. The number of aromatic nitrogens is 2. The van der Waals surface area contributed by atoms with Gasteiger partial charge in [0, 0.05) is 22.1 Å². The summed E-state index contributed by atoms with van der Waals surface area (Å²) in [7, 11) is 1.69. The summed E-state index contributed by atoms with van der Waals surface area (Å²) < 4.78 is 8.53. The minimum absolute atomic E-state index is 0.218. The molecule has 0 radical (unpaired) electrons. The predicted octanol–water partition coefficient (Wildman–Crippen LogP) is 4.24. The average Bonchev–Trinajstić information content (AvgIpc) is 2.83. The summed E-state index contributed by atoms with van der Waals surface area (Å²) in [4.78, 5) is 0. The van der Waals surface area contributed by atoms with Crippen molar-refractivity contribution in [2.45, 2.75) is 39.8 Å². The van der Waals surface area contributed by atoms with Crippen molar-refractivity contribution >= 4 is 27.6 Å². The molecule has 2 aromatic rings. The van der Waals surface area contributed by atoms with Crippen molar-refractivity contribution in [2.75, 3.05) is 12.4 Å². The summed E-state index contributed by atoms with van der Waals surface area (Å²) in [5, 5.41) is 11.8. The third-order valence-corrected chi connectivity index (χ3v) is 4.42. The molecule has 0 aliphatic carbocycles. The minimum Gasteiger partial charge on any atom is -0.496 e. The summed E-state index contributed by atoms with van der Waals surface area (Å²) in [5.74, 6) is 2.83. The zero-order chi connectivity index (χ0) is 17.4. The summed E-state index contributed by atoms with van der Waals surface area (Å²) in [6.45, 7) is 8.42. The van der Waals surface area contributed by atoms with Gasteiger partial charge in [0.1, 0.15) is 17.4 Å². The largest absolute Gasteiger partial charge is 0.496 e. The molecule has 2 heterocycles. The number of hydrogen-bond donors (Lipinski definition) is 2. The second kappa shape index (κ2) is 6.51. The Balaban J connectivity index is 2.16. The molecule has 5 nitrogen and oxygen atoms in total. The zero-order valence-corrected chi connectivity index (χ0v) is 16.2. The fourth-order valence-corrected chi connectivity index (χ4v) is 3.34. The molecule has 0 fully saturated rings. The maximum atomic E-state index is 5.59. The third kappa shape index (κ3) is 3.02. The number of fused-ring (bicyclic) bond motifs is 1. The van der Waals surface area contributed by atoms with E-state index in [-0.39, 0.29) is 6.04 Å². The second-order valence-corrected chi connectivity index (χ2v) is 7.27. The van der Waals surface area contributed by atoms with Crippen LogP contribution in [-0.4, -0.2) is 29.0 Å². The van der Waals surface area contributed by atoms with E-state index in [1.54, 1.807) is 7.11 Å². The van der Waals surface area contributed by atoms with Crippen LogP contribution in [0.2, 0.25) is 0 Å². The van der Waals surface area contributed by atoms with Crippen molar-refractivity contribution in [3.63, 3.8) is 0 Å². The molecule has 24 heavy (non-hydrogen) atoms. The predicted molar refractivity (Wildman–Crippen MR) is 102 cm³/mol. The molecular weight excluding hydrogens is 368 g/mol. The van der Waals surface area contributed by atoms with Crippen LogP contribution in [-0.2, 0) is 0 Å². The fraction of sp³-hybridized carbons (Fsp3) is 0.389. The molecule has 1 aliphatic heterocycles. The molecular formula is C18H23BrN4O. The number of aryl methyl sites for hydroxylation is 1. The van der Waals surface area contributed by atoms with E-state index in [2.05, 4.69) is 59.5 Å². The number of hydrogen-bond acceptors (Lipinski definition) is 4. The molecule has 0 saturated carbocycles. The van der Waals surface area contributed by atoms with Gasteiger partial charge in [0.05, 0.1) is 18.4 Å². The van der Waals surface area contributed by atoms with E-state index in [1.165, 1.54) is 0 Å². The van der Waals surface area contributed by atoms with E-state index in [1.807, 2.05) is 23.7 Å². The lowest BCUT2D eigenvalue weighted by molar-refractivity contribution is 0.416. The van der Waals surface area contributed by atoms with Crippen LogP contribution in [0.25, 0.3) is 16.9 Å². The molecule has 1 aromatic carbocycles. The van der Waals surface area contributed by atoms with Crippen molar-refractivity contribution in [3.8, 4) is 16.9 Å². The smallest absolute Gasteiger partial charge is 0.140 e. The van der Waals surface area contributed by atoms with Crippen molar-refractivity contribution in [3.05, 3.63) is 34.4 Å². The highest BCUT2D eigenvalue weighted by molar-refractivity contribution is 9.10. The number of halogens is 1. The van der Waals surface area contributed by atoms with Gasteiger partial charge in [-0.25, -0.2) is 4.68 Å². The van der Waals surface area contributed by atoms with Crippen molar-refractivity contribution in [1.82, 2.24) is 15.1 Å². The molecule has 1 unspecified atom stereocenters. The van der Waals surface area contributed by atoms with E-state index in [0.29, 0.717) is 6.04 Å². The van der Waals surface area contributed by atoms with Gasteiger partial charge >= 0.3 is 0 Å². The molecule has 0 bridgehead atoms. The first-order valence-electron chi connectivity index (χ1n) is 8.09. The van der Waals surface area contributed by atoms with Gasteiger partial charge in [-0.3, -0.25) is 0 Å². The number of nitrogens with one attached hydrogen (secondary N) is 2. The maximum absolute atomic E-state index is 5.59. The molecule has 128 valence electrons. The van der Waals surface area contributed by atoms with Gasteiger partial charge in [-0.1, -0.05) is 15.9 Å². The van der Waals surface area contributed by atoms with Gasteiger partial charge in [0.15, 0.2) is 0 Å². The van der Waals surface area contributed by atoms with Gasteiger partial charge in [0.25, 0.3) is 0 Å². The monoisotopic (exact) mass is 390 g/mol. The number of rotatable bonds is 4. The van der Waals surface area contributed by atoms with Gasteiger partial charge < -0.3 is 15.4 Å². The normalized spacial score (nSPS) is 16.5. The Morgan fingerprint density at radius 1 is 1.38 bits per heavy atom. The van der Waals surface area contributed by atoms with E-state index >= 15 is 0 Å². The van der Waals surface area contributed by atoms with Gasteiger partial charge in [-0.15, -0.1) is 0 Å². The van der Waals surface area contributed by atoms with Crippen LogP contribution in [0.3, 0.4) is 0 Å². The van der Waals surface area contributed by atoms with Crippen LogP contribution in [0.4, 0.5) is 5.82 Å². The minimum atomic E-state index is 0.218. The van der Waals surface area contributed by atoms with E-state index in [0.717, 1.165) is 38.7 Å². The average molecular weight is 391 g/mol. The van der Waals surface area contributed by atoms with E-state index < -0.39 is 0 Å². The first kappa shape index (κ1) is 16.9. The molecule has 0 spiro atoms. The first-order chi connectivity index (χ1) is 11.4. The second-order valence-electron chi connectivity index (χ2n) is 6.35. The lowest BCUT2D eigenvalue weighted by Gasteiger charge is -2.25. The number of nitrogens with zero attached hydrogens (tertiary/aromatic N) is 2. The topological polar surface area (TPSA) is 51.1 Å². The molecule has 6 heteroatoms. The Bertz CT molecular complexity index is 795. The Labute approximate surface area is 151 Å². The molecule has 0 amide bonds. The van der Waals surface area contributed by atoms with Crippen molar-refractivity contribution in [2.24, 2.45) is 0 Å². The Kier molecular flexibility index (Phi) is 4.58. The van der Waals surface area contributed by atoms with Gasteiger partial charge in [-0.2, -0.15) is 5.10 Å². The van der Waals surface area contributed by atoms with Crippen molar-refractivity contribution < 1.29 is 4.74 Å². The lowest BCUT2D eigenvalue weighted by Crippen LogP contribution is -2.31. The highest BCUT2D eigenvalue weighted by Gasteiger charge is 2.25. The summed E-state index contributed by atoms with van der Waals surface area (Å²) in [6.07, 6.45) is 2.15. The molecule has 3 rings (SSSR count). The standard InChI is InChI=1S/C18H23BrN4O/c1-10(2)20-16-8-11(3)21-18-17(12(4)22-23(16)18)14-7-6-13(19)9-15(14)24-5/h6-11,20-21H,1-5H3. The van der Waals surface area contributed by atoms with E-state index in [4.69, 9.17) is 9.84 Å². The summed E-state index contributed by atoms with van der Waals surface area (Å²) in [5.41, 5.74) is 3.07. The molecule has 1 aromatic heterocycles. The van der Waals surface area contributed by atoms with Crippen LogP contribution >= 0.6 is 15.9 Å². The highest BCUT2D eigenvalue weighted by atomic mass is 79.9. The quantitative estimate of drug-likeness (QED) is 0.819. The number of methoxy groups -OCH3 is 1. The van der Waals surface area contributed by atoms with Crippen LogP contribution in [0.1, 0.15) is 26.5 Å². The van der Waals surface area contributed by atoms with Crippen molar-refractivity contribution in [1.29, 1.82) is 0 Å². The van der Waals surface area contributed by atoms with Crippen LogP contribution < -0.4 is 15.4 Å². The highest BCUT2D eigenvalue weighted by Crippen LogP contribution is 2.40. The van der Waals surface area contributed by atoms with Crippen LogP contribution in [0, 0.1) is 6.92 Å². The van der Waals surface area contributed by atoms with Crippen LogP contribution in [0.15, 0.2) is 28.7 Å². The lowest BCUT2D eigenvalue weighted by atomic mass is 10.0. The molecule has 0 saturated heterocycles. The summed E-state index contributed by atoms with van der Waals surface area (Å²) >= 11 is 3.50. The zero-order valence-electron chi connectivity index (χ0n) is 14.6. The summed E-state index contributed by atoms with van der Waals surface area (Å²) in [6, 6.07) is 6.62. The molecule has 1 aliphatic rings. The number of ether oxygens (including phenoxy) is 1. The Morgan fingerprint density at radius 3 is 2.79 bits per heavy atom. The van der Waals surface area contributed by atoms with Gasteiger partial charge in [-0.05, 0) is 52.0 Å². The van der Waals surface area contributed by atoms with Gasteiger partial charge in [0.2, 0.25) is 0 Å². The Morgan fingerprint density at radius 2 is 2.12 bits per heavy atom. The fourth-order valence-electron chi connectivity index (χ4n) is 3.00. The first-order valence-corrected chi connectivity index (χ1v) is 8.88. The molecule has 2 N–H and O–H groups in total. The number of anilines is 1. The SMILES string of the molecule is COc1cc(Br)ccc1-c1c(C)nn2c1NC(C)C=C2NC(C)C. The number of benzene rings is 1. The van der Waals surface area contributed by atoms with Crippen LogP contribution in [0.5, 0.6) is 5.75 Å². The maximum Gasteiger partial charge on any atom is 0.140 e.